The molecule has 6 N–H and O–H groups in total. The van der Waals surface area contributed by atoms with Crippen LogP contribution in [0.3, 0.4) is 0 Å². The van der Waals surface area contributed by atoms with Crippen molar-refractivity contribution in [2.24, 2.45) is 5.73 Å². The quantitative estimate of drug-likeness (QED) is 0.163. The van der Waals surface area contributed by atoms with Crippen molar-refractivity contribution in [3.63, 3.8) is 0 Å². The first-order chi connectivity index (χ1) is 22.9. The van der Waals surface area contributed by atoms with Gasteiger partial charge in [0.2, 0.25) is 26.0 Å². The summed E-state index contributed by atoms with van der Waals surface area (Å²) in [5, 5.41) is 16.5. The van der Waals surface area contributed by atoms with Crippen LogP contribution in [0.1, 0.15) is 24.8 Å². The summed E-state index contributed by atoms with van der Waals surface area (Å²) in [4.78, 5) is 11.7. The van der Waals surface area contributed by atoms with E-state index >= 15 is 0 Å². The number of hydrogen-bond acceptors (Lipinski definition) is 10. The van der Waals surface area contributed by atoms with Gasteiger partial charge >= 0.3 is 0 Å². The lowest BCUT2D eigenvalue weighted by Crippen LogP contribution is -2.47. The molecule has 13 nitrogen and oxygen atoms in total. The molecule has 2 atom stereocenters. The molecule has 2 fully saturated rings. The fourth-order valence-electron chi connectivity index (χ4n) is 5.93. The van der Waals surface area contributed by atoms with Gasteiger partial charge in [0, 0.05) is 38.3 Å². The first-order valence-corrected chi connectivity index (χ1v) is 18.7. The molecule has 3 aromatic carbocycles. The lowest BCUT2D eigenvalue weighted by atomic mass is 9.88. The second kappa shape index (κ2) is 15.4. The van der Waals surface area contributed by atoms with Crippen molar-refractivity contribution in [1.82, 2.24) is 19.7 Å². The highest BCUT2D eigenvalue weighted by molar-refractivity contribution is 7.89. The number of benzene rings is 3. The van der Waals surface area contributed by atoms with Crippen molar-refractivity contribution in [2.75, 3.05) is 46.4 Å². The summed E-state index contributed by atoms with van der Waals surface area (Å²) >= 11 is 0. The Balaban J connectivity index is 1.10. The highest BCUT2D eigenvalue weighted by Gasteiger charge is 2.44. The maximum Gasteiger partial charge on any atom is 0.243 e. The van der Waals surface area contributed by atoms with E-state index in [0.717, 1.165) is 16.7 Å². The van der Waals surface area contributed by atoms with Crippen molar-refractivity contribution in [2.45, 2.75) is 53.3 Å². The molecule has 2 aliphatic heterocycles. The lowest BCUT2D eigenvalue weighted by Gasteiger charge is -2.38. The van der Waals surface area contributed by atoms with Crippen molar-refractivity contribution >= 4 is 26.0 Å². The number of aliphatic hydroxyl groups excluding tert-OH is 1. The Morgan fingerprint density at radius 1 is 1.02 bits per heavy atom. The van der Waals surface area contributed by atoms with Crippen molar-refractivity contribution in [3.8, 4) is 16.9 Å². The zero-order chi connectivity index (χ0) is 34.4. The fraction of sp³-hybridized carbons (Fsp3) is 0.424. The molecule has 1 amide bonds. The zero-order valence-corrected chi connectivity index (χ0v) is 28.4. The largest absolute Gasteiger partial charge is 0.491 e. The average Bonchev–Trinajstić information content (AvgIpc) is 3.51. The minimum atomic E-state index is -3.73. The van der Waals surface area contributed by atoms with Crippen LogP contribution in [-0.2, 0) is 36.1 Å². The zero-order valence-electron chi connectivity index (χ0n) is 26.8. The van der Waals surface area contributed by atoms with Gasteiger partial charge in [-0.15, -0.1) is 0 Å². The standard InChI is InChI=1S/C33H43N5O8S2/c1-35-47(41,42)30-6-3-5-29(17-30)45-23-28(39)21-36-27-18-33(46-22-27)12-14-38(15-13-33)48(43,44)31-7-2-4-26(16-31)25-10-8-24(9-11-25)20-37-32(40)19-34/h2-11,16-17,27-28,35-36,39H,12-15,18-23,34H2,1H3,(H,37,40)/t27?,28-/m0/s1. The van der Waals surface area contributed by atoms with Crippen LogP contribution in [0, 0.1) is 0 Å². The van der Waals surface area contributed by atoms with E-state index in [1.165, 1.54) is 23.5 Å². The number of sulfonamides is 2. The normalized spacial score (nSPS) is 18.9. The maximum absolute atomic E-state index is 13.6. The van der Waals surface area contributed by atoms with Gasteiger partial charge in [0.05, 0.1) is 28.5 Å². The second-order valence-electron chi connectivity index (χ2n) is 12.1. The smallest absolute Gasteiger partial charge is 0.243 e. The fourth-order valence-corrected chi connectivity index (χ4v) is 8.19. The number of nitrogens with one attached hydrogen (secondary N) is 3. The van der Waals surface area contributed by atoms with Gasteiger partial charge in [-0.2, -0.15) is 4.31 Å². The third-order valence-corrected chi connectivity index (χ3v) is 12.1. The van der Waals surface area contributed by atoms with Crippen LogP contribution in [0.2, 0.25) is 0 Å². The molecule has 48 heavy (non-hydrogen) atoms. The molecule has 1 spiro atoms. The molecule has 2 aliphatic rings. The van der Waals surface area contributed by atoms with E-state index in [1.807, 2.05) is 30.3 Å². The first-order valence-electron chi connectivity index (χ1n) is 15.8. The molecule has 0 bridgehead atoms. The third kappa shape index (κ3) is 8.78. The van der Waals surface area contributed by atoms with Gasteiger partial charge < -0.3 is 30.9 Å². The average molecular weight is 702 g/mol. The minimum Gasteiger partial charge on any atom is -0.491 e. The second-order valence-corrected chi connectivity index (χ2v) is 15.9. The molecule has 0 aromatic heterocycles. The number of ether oxygens (including phenoxy) is 2. The monoisotopic (exact) mass is 701 g/mol. The van der Waals surface area contributed by atoms with Crippen LogP contribution in [0.15, 0.2) is 82.6 Å². The molecule has 2 heterocycles. The summed E-state index contributed by atoms with van der Waals surface area (Å²) in [6, 6.07) is 20.5. The van der Waals surface area contributed by atoms with Crippen LogP contribution in [-0.4, -0.2) is 96.3 Å². The molecule has 0 aliphatic carbocycles. The number of carbonyl (C=O) groups is 1. The number of piperidine rings is 1. The molecule has 5 rings (SSSR count). The minimum absolute atomic E-state index is 0.00749. The predicted molar refractivity (Wildman–Crippen MR) is 180 cm³/mol. The molecule has 0 radical (unpaired) electrons. The van der Waals surface area contributed by atoms with Gasteiger partial charge in [-0.1, -0.05) is 42.5 Å². The van der Waals surface area contributed by atoms with Gasteiger partial charge in [0.25, 0.3) is 0 Å². The number of carbonyl (C=O) groups excluding carboxylic acids is 1. The summed E-state index contributed by atoms with van der Waals surface area (Å²) in [6.45, 7) is 1.64. The van der Waals surface area contributed by atoms with Gasteiger partial charge in [0.15, 0.2) is 0 Å². The number of nitrogens with two attached hydrogens (primary N) is 1. The van der Waals surface area contributed by atoms with Crippen molar-refractivity contribution in [3.05, 3.63) is 78.4 Å². The third-order valence-electron chi connectivity index (χ3n) is 8.75. The van der Waals surface area contributed by atoms with E-state index in [2.05, 4.69) is 15.4 Å². The number of nitrogens with zero attached hydrogens (tertiary/aromatic N) is 1. The molecule has 0 saturated carbocycles. The van der Waals surface area contributed by atoms with Gasteiger partial charge in [0.1, 0.15) is 18.5 Å². The Hall–Kier alpha value is -3.41. The van der Waals surface area contributed by atoms with E-state index < -0.39 is 31.8 Å². The van der Waals surface area contributed by atoms with Gasteiger partial charge in [-0.05, 0) is 67.3 Å². The Morgan fingerprint density at radius 3 is 2.44 bits per heavy atom. The van der Waals surface area contributed by atoms with Crippen LogP contribution in [0.4, 0.5) is 0 Å². The van der Waals surface area contributed by atoms with Gasteiger partial charge in [-0.3, -0.25) is 4.79 Å². The first kappa shape index (κ1) is 35.9. The molecule has 2 saturated heterocycles. The topological polar surface area (TPSA) is 189 Å². The molecule has 3 aromatic rings. The van der Waals surface area contributed by atoms with Crippen LogP contribution in [0.5, 0.6) is 5.75 Å². The highest BCUT2D eigenvalue weighted by Crippen LogP contribution is 2.37. The van der Waals surface area contributed by atoms with Crippen LogP contribution >= 0.6 is 0 Å². The SMILES string of the molecule is CNS(=O)(=O)c1cccc(OC[C@@H](O)CNC2COC3(CCN(S(=O)(=O)c4cccc(-c5ccc(CNC(=O)CN)cc5)c4)CC3)C2)c1. The summed E-state index contributed by atoms with van der Waals surface area (Å²) < 4.78 is 66.9. The Morgan fingerprint density at radius 2 is 1.73 bits per heavy atom. The summed E-state index contributed by atoms with van der Waals surface area (Å²) in [7, 11) is -6.00. The number of aliphatic hydroxyl groups is 1. The van der Waals surface area contributed by atoms with E-state index in [9.17, 15) is 26.7 Å². The summed E-state index contributed by atoms with van der Waals surface area (Å²) in [6.07, 6.45) is 0.976. The van der Waals surface area contributed by atoms with E-state index in [-0.39, 0.29) is 41.4 Å². The van der Waals surface area contributed by atoms with Crippen LogP contribution < -0.4 is 25.8 Å². The Bertz CT molecular complexity index is 1780. The van der Waals surface area contributed by atoms with Crippen molar-refractivity contribution in [1.29, 1.82) is 0 Å². The molecule has 1 unspecified atom stereocenters. The summed E-state index contributed by atoms with van der Waals surface area (Å²) in [5.74, 6) is 0.101. The number of amides is 1. The van der Waals surface area contributed by atoms with E-state index in [1.54, 1.807) is 30.3 Å². The lowest BCUT2D eigenvalue weighted by molar-refractivity contribution is -0.119. The molecular formula is C33H43N5O8S2. The van der Waals surface area contributed by atoms with Gasteiger partial charge in [-0.25, -0.2) is 21.6 Å². The maximum atomic E-state index is 13.6. The van der Waals surface area contributed by atoms with E-state index in [4.69, 9.17) is 15.2 Å². The molecule has 15 heteroatoms. The van der Waals surface area contributed by atoms with Crippen LogP contribution in [0.25, 0.3) is 11.1 Å². The summed E-state index contributed by atoms with van der Waals surface area (Å²) in [5.41, 5.74) is 7.45. The Kier molecular flexibility index (Phi) is 11.5. The van der Waals surface area contributed by atoms with Crippen molar-refractivity contribution < 1.29 is 36.2 Å². The molecular weight excluding hydrogens is 659 g/mol. The number of hydrogen-bond donors (Lipinski definition) is 5. The molecule has 260 valence electrons. The highest BCUT2D eigenvalue weighted by atomic mass is 32.2. The van der Waals surface area contributed by atoms with E-state index in [0.29, 0.717) is 51.3 Å². The number of rotatable bonds is 14. The Labute approximate surface area is 281 Å². The predicted octanol–water partition coefficient (Wildman–Crippen LogP) is 1.18.